The van der Waals surface area contributed by atoms with Crippen LogP contribution in [0.25, 0.3) is 11.1 Å². The summed E-state index contributed by atoms with van der Waals surface area (Å²) in [4.78, 5) is 14.7. The number of rotatable bonds is 6. The number of para-hydroxylation sites is 1. The Morgan fingerprint density at radius 2 is 2.28 bits per heavy atom. The van der Waals surface area contributed by atoms with Crippen LogP contribution in [0, 0.1) is 0 Å². The first-order valence-electron chi connectivity index (χ1n) is 5.85. The van der Waals surface area contributed by atoms with Gasteiger partial charge in [-0.3, -0.25) is 4.79 Å². The second-order valence-electron chi connectivity index (χ2n) is 4.02. The van der Waals surface area contributed by atoms with Crippen molar-refractivity contribution in [2.45, 2.75) is 25.7 Å². The van der Waals surface area contributed by atoms with Gasteiger partial charge in [0.15, 0.2) is 17.0 Å². The molecule has 0 atom stereocenters. The Morgan fingerprint density at radius 3 is 3.00 bits per heavy atom. The molecule has 18 heavy (non-hydrogen) atoms. The van der Waals surface area contributed by atoms with E-state index in [4.69, 9.17) is 14.3 Å². The van der Waals surface area contributed by atoms with Crippen LogP contribution in [0.1, 0.15) is 25.2 Å². The lowest BCUT2D eigenvalue weighted by atomic mass is 10.2. The zero-order chi connectivity index (χ0) is 13.0. The van der Waals surface area contributed by atoms with E-state index in [0.29, 0.717) is 35.6 Å². The van der Waals surface area contributed by atoms with Gasteiger partial charge in [-0.2, -0.15) is 0 Å². The van der Waals surface area contributed by atoms with Crippen molar-refractivity contribution >= 4 is 17.1 Å². The molecule has 5 heteroatoms. The van der Waals surface area contributed by atoms with Crippen LogP contribution >= 0.6 is 0 Å². The van der Waals surface area contributed by atoms with Gasteiger partial charge in [-0.1, -0.05) is 6.07 Å². The summed E-state index contributed by atoms with van der Waals surface area (Å²) < 4.78 is 10.8. The summed E-state index contributed by atoms with van der Waals surface area (Å²) in [5, 5.41) is 8.54. The topological polar surface area (TPSA) is 72.6 Å². The zero-order valence-corrected chi connectivity index (χ0v) is 10.2. The van der Waals surface area contributed by atoms with Crippen molar-refractivity contribution < 1.29 is 19.1 Å². The fraction of sp³-hybridized carbons (Fsp3) is 0.385. The van der Waals surface area contributed by atoms with E-state index < -0.39 is 5.97 Å². The highest BCUT2D eigenvalue weighted by Crippen LogP contribution is 2.25. The molecule has 5 nitrogen and oxygen atoms in total. The fourth-order valence-electron chi connectivity index (χ4n) is 1.79. The first-order valence-corrected chi connectivity index (χ1v) is 5.85. The summed E-state index contributed by atoms with van der Waals surface area (Å²) in [7, 11) is 1.59. The molecule has 0 bridgehead atoms. The SMILES string of the molecule is COc1cccc2oc(CCCCC(=O)O)nc12. The molecule has 0 unspecified atom stereocenters. The number of carboxylic acids is 1. The van der Waals surface area contributed by atoms with Gasteiger partial charge in [0, 0.05) is 12.8 Å². The fourth-order valence-corrected chi connectivity index (χ4v) is 1.79. The monoisotopic (exact) mass is 249 g/mol. The number of aliphatic carboxylic acids is 1. The molecule has 0 aliphatic carbocycles. The smallest absolute Gasteiger partial charge is 0.303 e. The normalized spacial score (nSPS) is 10.7. The largest absolute Gasteiger partial charge is 0.494 e. The summed E-state index contributed by atoms with van der Waals surface area (Å²) in [6, 6.07) is 5.52. The second-order valence-corrected chi connectivity index (χ2v) is 4.02. The molecular weight excluding hydrogens is 234 g/mol. The van der Waals surface area contributed by atoms with Gasteiger partial charge in [-0.25, -0.2) is 4.98 Å². The number of fused-ring (bicyclic) bond motifs is 1. The van der Waals surface area contributed by atoms with Crippen molar-refractivity contribution in [1.29, 1.82) is 0 Å². The van der Waals surface area contributed by atoms with Crippen LogP contribution in [0.2, 0.25) is 0 Å². The molecule has 0 amide bonds. The maximum atomic E-state index is 10.4. The number of hydrogen-bond acceptors (Lipinski definition) is 4. The van der Waals surface area contributed by atoms with E-state index in [0.717, 1.165) is 6.42 Å². The number of ether oxygens (including phenoxy) is 1. The highest BCUT2D eigenvalue weighted by Gasteiger charge is 2.09. The quantitative estimate of drug-likeness (QED) is 0.797. The minimum absolute atomic E-state index is 0.184. The highest BCUT2D eigenvalue weighted by molar-refractivity contribution is 5.79. The van der Waals surface area contributed by atoms with E-state index >= 15 is 0 Å². The molecule has 1 aromatic heterocycles. The molecule has 0 aliphatic rings. The summed E-state index contributed by atoms with van der Waals surface area (Å²) in [6.07, 6.45) is 2.21. The van der Waals surface area contributed by atoms with Crippen LogP contribution in [0.15, 0.2) is 22.6 Å². The molecule has 1 heterocycles. The van der Waals surface area contributed by atoms with Gasteiger partial charge in [-0.05, 0) is 25.0 Å². The van der Waals surface area contributed by atoms with Crippen molar-refractivity contribution in [1.82, 2.24) is 4.98 Å². The number of nitrogens with zero attached hydrogens (tertiary/aromatic N) is 1. The van der Waals surface area contributed by atoms with E-state index in [1.54, 1.807) is 7.11 Å². The van der Waals surface area contributed by atoms with Gasteiger partial charge in [0.25, 0.3) is 0 Å². The van der Waals surface area contributed by atoms with Crippen LogP contribution in [-0.2, 0) is 11.2 Å². The Bertz CT molecular complexity index is 547. The standard InChI is InChI=1S/C13H15NO4/c1-17-9-5-4-6-10-13(9)14-11(18-10)7-2-3-8-12(15)16/h4-6H,2-3,7-8H2,1H3,(H,15,16). The second kappa shape index (κ2) is 5.53. The van der Waals surface area contributed by atoms with Gasteiger partial charge in [-0.15, -0.1) is 0 Å². The number of benzene rings is 1. The maximum Gasteiger partial charge on any atom is 0.303 e. The Labute approximate surface area is 104 Å². The molecule has 96 valence electrons. The molecule has 0 aliphatic heterocycles. The third-order valence-electron chi connectivity index (χ3n) is 2.68. The molecule has 0 spiro atoms. The van der Waals surface area contributed by atoms with Crippen molar-refractivity contribution in [3.8, 4) is 5.75 Å². The highest BCUT2D eigenvalue weighted by atomic mass is 16.5. The molecule has 2 aromatic rings. The van der Waals surface area contributed by atoms with Crippen LogP contribution < -0.4 is 4.74 Å². The van der Waals surface area contributed by atoms with Crippen molar-refractivity contribution in [3.05, 3.63) is 24.1 Å². The van der Waals surface area contributed by atoms with Crippen LogP contribution in [0.5, 0.6) is 5.75 Å². The number of aromatic nitrogens is 1. The predicted octanol–water partition coefficient (Wildman–Crippen LogP) is 2.63. The summed E-state index contributed by atoms with van der Waals surface area (Å²) in [6.45, 7) is 0. The van der Waals surface area contributed by atoms with E-state index in [2.05, 4.69) is 4.98 Å². The molecular formula is C13H15NO4. The molecule has 0 fully saturated rings. The third-order valence-corrected chi connectivity index (χ3v) is 2.68. The minimum atomic E-state index is -0.769. The van der Waals surface area contributed by atoms with Gasteiger partial charge < -0.3 is 14.3 Å². The number of hydrogen-bond donors (Lipinski definition) is 1. The first-order chi connectivity index (χ1) is 8.70. The number of methoxy groups -OCH3 is 1. The Balaban J connectivity index is 2.04. The van der Waals surface area contributed by atoms with Crippen LogP contribution in [0.3, 0.4) is 0 Å². The molecule has 0 saturated heterocycles. The van der Waals surface area contributed by atoms with E-state index in [9.17, 15) is 4.79 Å². The molecule has 0 saturated carbocycles. The third kappa shape index (κ3) is 2.80. The van der Waals surface area contributed by atoms with Gasteiger partial charge in [0.05, 0.1) is 7.11 Å². The molecule has 1 N–H and O–H groups in total. The molecule has 0 radical (unpaired) electrons. The first kappa shape index (κ1) is 12.4. The number of oxazole rings is 1. The number of carboxylic acid groups (broad SMARTS) is 1. The van der Waals surface area contributed by atoms with E-state index in [-0.39, 0.29) is 6.42 Å². The predicted molar refractivity (Wildman–Crippen MR) is 65.8 cm³/mol. The van der Waals surface area contributed by atoms with Crippen molar-refractivity contribution in [3.63, 3.8) is 0 Å². The lowest BCUT2D eigenvalue weighted by Crippen LogP contribution is -1.95. The van der Waals surface area contributed by atoms with Crippen molar-refractivity contribution in [2.75, 3.05) is 7.11 Å². The van der Waals surface area contributed by atoms with E-state index in [1.807, 2.05) is 18.2 Å². The summed E-state index contributed by atoms with van der Waals surface area (Å²) >= 11 is 0. The minimum Gasteiger partial charge on any atom is -0.494 e. The molecule has 1 aromatic carbocycles. The van der Waals surface area contributed by atoms with Gasteiger partial charge >= 0.3 is 5.97 Å². The lowest BCUT2D eigenvalue weighted by Gasteiger charge is -1.96. The number of carbonyl (C=O) groups is 1. The number of unbranched alkanes of at least 4 members (excludes halogenated alkanes) is 1. The van der Waals surface area contributed by atoms with E-state index in [1.165, 1.54) is 0 Å². The number of aryl methyl sites for hydroxylation is 1. The van der Waals surface area contributed by atoms with Gasteiger partial charge in [0.1, 0.15) is 5.75 Å². The maximum absolute atomic E-state index is 10.4. The Hall–Kier alpha value is -2.04. The lowest BCUT2D eigenvalue weighted by molar-refractivity contribution is -0.137. The average molecular weight is 249 g/mol. The zero-order valence-electron chi connectivity index (χ0n) is 10.2. The summed E-state index contributed by atoms with van der Waals surface area (Å²) in [5.41, 5.74) is 1.41. The average Bonchev–Trinajstić information content (AvgIpc) is 2.76. The van der Waals surface area contributed by atoms with Crippen molar-refractivity contribution in [2.24, 2.45) is 0 Å². The van der Waals surface area contributed by atoms with Crippen LogP contribution in [0.4, 0.5) is 0 Å². The molecule has 2 rings (SSSR count). The Morgan fingerprint density at radius 1 is 1.44 bits per heavy atom. The summed E-state index contributed by atoms with van der Waals surface area (Å²) in [5.74, 6) is 0.544. The van der Waals surface area contributed by atoms with Crippen LogP contribution in [-0.4, -0.2) is 23.2 Å². The van der Waals surface area contributed by atoms with Gasteiger partial charge in [0.2, 0.25) is 0 Å². The Kier molecular flexibility index (Phi) is 3.82.